The van der Waals surface area contributed by atoms with Crippen LogP contribution in [0.1, 0.15) is 18.6 Å². The molecule has 0 radical (unpaired) electrons. The number of methoxy groups -OCH3 is 1. The van der Waals surface area contributed by atoms with Crippen LogP contribution >= 0.6 is 0 Å². The van der Waals surface area contributed by atoms with Gasteiger partial charge in [0.2, 0.25) is 5.91 Å². The van der Waals surface area contributed by atoms with E-state index in [0.29, 0.717) is 19.7 Å². The Morgan fingerprint density at radius 3 is 2.71 bits per heavy atom. The quantitative estimate of drug-likeness (QED) is 0.781. The topological polar surface area (TPSA) is 38.8 Å². The molecule has 0 N–H and O–H groups in total. The van der Waals surface area contributed by atoms with Crippen LogP contribution in [0.25, 0.3) is 0 Å². The van der Waals surface area contributed by atoms with Crippen LogP contribution in [0.2, 0.25) is 0 Å². The van der Waals surface area contributed by atoms with E-state index in [-0.39, 0.29) is 12.0 Å². The van der Waals surface area contributed by atoms with Gasteiger partial charge < -0.3 is 14.4 Å². The van der Waals surface area contributed by atoms with Gasteiger partial charge in [0, 0.05) is 13.5 Å². The molecule has 2 rings (SSSR count). The van der Waals surface area contributed by atoms with Crippen LogP contribution < -0.4 is 4.74 Å². The molecule has 0 saturated carbocycles. The molecule has 1 unspecified atom stereocenters. The lowest BCUT2D eigenvalue weighted by atomic mass is 10.1. The summed E-state index contributed by atoms with van der Waals surface area (Å²) in [6.07, 6.45) is -0.0291. The molecule has 1 aromatic carbocycles. The predicted octanol–water partition coefficient (Wildman–Crippen LogP) is 1.61. The highest BCUT2D eigenvalue weighted by Crippen LogP contribution is 2.24. The van der Waals surface area contributed by atoms with E-state index in [9.17, 15) is 4.79 Å². The number of benzene rings is 1. The van der Waals surface area contributed by atoms with Gasteiger partial charge in [0.15, 0.2) is 0 Å². The van der Waals surface area contributed by atoms with Gasteiger partial charge in [0.1, 0.15) is 11.9 Å². The van der Waals surface area contributed by atoms with E-state index in [1.54, 1.807) is 14.0 Å². The molecule has 1 fully saturated rings. The van der Waals surface area contributed by atoms with Crippen molar-refractivity contribution in [1.82, 2.24) is 4.90 Å². The van der Waals surface area contributed by atoms with E-state index >= 15 is 0 Å². The zero-order chi connectivity index (χ0) is 12.3. The molecule has 1 aliphatic rings. The summed E-state index contributed by atoms with van der Waals surface area (Å²) >= 11 is 0. The average Bonchev–Trinajstić information content (AvgIpc) is 2.39. The van der Waals surface area contributed by atoms with Gasteiger partial charge in [0.05, 0.1) is 20.3 Å². The van der Waals surface area contributed by atoms with Crippen molar-refractivity contribution in [3.05, 3.63) is 29.8 Å². The molecule has 17 heavy (non-hydrogen) atoms. The molecule has 92 valence electrons. The van der Waals surface area contributed by atoms with Gasteiger partial charge in [-0.2, -0.15) is 0 Å². The third kappa shape index (κ3) is 2.77. The van der Waals surface area contributed by atoms with Crippen molar-refractivity contribution in [1.29, 1.82) is 0 Å². The number of morpholine rings is 1. The SMILES string of the molecule is COc1ccc(C2CN(C(C)=O)CCO2)cc1. The molecular formula is C13H17NO3. The van der Waals surface area contributed by atoms with Crippen LogP contribution in [-0.4, -0.2) is 37.6 Å². The van der Waals surface area contributed by atoms with E-state index in [2.05, 4.69) is 0 Å². The summed E-state index contributed by atoms with van der Waals surface area (Å²) in [7, 11) is 1.64. The minimum absolute atomic E-state index is 0.0291. The Morgan fingerprint density at radius 2 is 2.12 bits per heavy atom. The summed E-state index contributed by atoms with van der Waals surface area (Å²) < 4.78 is 10.8. The van der Waals surface area contributed by atoms with Gasteiger partial charge in [-0.25, -0.2) is 0 Å². The maximum atomic E-state index is 11.3. The van der Waals surface area contributed by atoms with E-state index in [4.69, 9.17) is 9.47 Å². The summed E-state index contributed by atoms with van der Waals surface area (Å²) in [4.78, 5) is 13.1. The standard InChI is InChI=1S/C13H17NO3/c1-10(15)14-7-8-17-13(9-14)11-3-5-12(16-2)6-4-11/h3-6,13H,7-9H2,1-2H3. The minimum Gasteiger partial charge on any atom is -0.497 e. The van der Waals surface area contributed by atoms with Gasteiger partial charge in [-0.3, -0.25) is 4.79 Å². The molecule has 0 spiro atoms. The van der Waals surface area contributed by atoms with Gasteiger partial charge in [0.25, 0.3) is 0 Å². The van der Waals surface area contributed by atoms with Crippen LogP contribution in [0.15, 0.2) is 24.3 Å². The van der Waals surface area contributed by atoms with E-state index < -0.39 is 0 Å². The Kier molecular flexibility index (Phi) is 3.64. The molecule has 1 saturated heterocycles. The first-order valence-corrected chi connectivity index (χ1v) is 5.72. The van der Waals surface area contributed by atoms with Crippen LogP contribution in [-0.2, 0) is 9.53 Å². The lowest BCUT2D eigenvalue weighted by molar-refractivity contribution is -0.136. The third-order valence-corrected chi connectivity index (χ3v) is 3.00. The second kappa shape index (κ2) is 5.19. The van der Waals surface area contributed by atoms with Crippen molar-refractivity contribution >= 4 is 5.91 Å². The molecule has 4 heteroatoms. The smallest absolute Gasteiger partial charge is 0.219 e. The molecule has 1 aliphatic heterocycles. The highest BCUT2D eigenvalue weighted by Gasteiger charge is 2.23. The third-order valence-electron chi connectivity index (χ3n) is 3.00. The molecule has 4 nitrogen and oxygen atoms in total. The Hall–Kier alpha value is -1.55. The van der Waals surface area contributed by atoms with Crippen LogP contribution in [0.3, 0.4) is 0 Å². The molecule has 1 heterocycles. The molecule has 0 aliphatic carbocycles. The van der Waals surface area contributed by atoms with Crippen molar-refractivity contribution in [3.63, 3.8) is 0 Å². The minimum atomic E-state index is -0.0291. The average molecular weight is 235 g/mol. The molecule has 1 atom stereocenters. The van der Waals surface area contributed by atoms with Crippen LogP contribution in [0.5, 0.6) is 5.75 Å². The summed E-state index contributed by atoms with van der Waals surface area (Å²) in [5.74, 6) is 0.930. The number of ether oxygens (including phenoxy) is 2. The second-order valence-electron chi connectivity index (χ2n) is 4.10. The Morgan fingerprint density at radius 1 is 1.41 bits per heavy atom. The molecule has 1 aromatic rings. The van der Waals surface area contributed by atoms with Crippen molar-refractivity contribution in [2.75, 3.05) is 26.8 Å². The first-order valence-electron chi connectivity index (χ1n) is 5.72. The van der Waals surface area contributed by atoms with Gasteiger partial charge in [-0.15, -0.1) is 0 Å². The zero-order valence-electron chi connectivity index (χ0n) is 10.2. The van der Waals surface area contributed by atoms with E-state index in [0.717, 1.165) is 11.3 Å². The van der Waals surface area contributed by atoms with E-state index in [1.807, 2.05) is 29.2 Å². The summed E-state index contributed by atoms with van der Waals surface area (Å²) in [6, 6.07) is 7.77. The van der Waals surface area contributed by atoms with Crippen molar-refractivity contribution in [2.24, 2.45) is 0 Å². The van der Waals surface area contributed by atoms with Crippen molar-refractivity contribution in [3.8, 4) is 5.75 Å². The highest BCUT2D eigenvalue weighted by atomic mass is 16.5. The number of nitrogens with zero attached hydrogens (tertiary/aromatic N) is 1. The number of carbonyl (C=O) groups is 1. The van der Waals surface area contributed by atoms with Gasteiger partial charge in [-0.05, 0) is 17.7 Å². The summed E-state index contributed by atoms with van der Waals surface area (Å²) in [5.41, 5.74) is 1.08. The maximum Gasteiger partial charge on any atom is 0.219 e. The van der Waals surface area contributed by atoms with Gasteiger partial charge >= 0.3 is 0 Å². The molecule has 0 aromatic heterocycles. The number of carbonyl (C=O) groups excluding carboxylic acids is 1. The number of rotatable bonds is 2. The Balaban J connectivity index is 2.08. The zero-order valence-corrected chi connectivity index (χ0v) is 10.2. The monoisotopic (exact) mass is 235 g/mol. The Labute approximate surface area is 101 Å². The summed E-state index contributed by atoms with van der Waals surface area (Å²) in [6.45, 7) is 3.50. The molecule has 0 bridgehead atoms. The van der Waals surface area contributed by atoms with Gasteiger partial charge in [-0.1, -0.05) is 12.1 Å². The lowest BCUT2D eigenvalue weighted by Gasteiger charge is -2.32. The fraction of sp³-hybridized carbons (Fsp3) is 0.462. The lowest BCUT2D eigenvalue weighted by Crippen LogP contribution is -2.41. The normalized spacial score (nSPS) is 20.1. The molecule has 1 amide bonds. The second-order valence-corrected chi connectivity index (χ2v) is 4.10. The fourth-order valence-corrected chi connectivity index (χ4v) is 1.96. The van der Waals surface area contributed by atoms with Crippen molar-refractivity contribution in [2.45, 2.75) is 13.0 Å². The number of amides is 1. The number of hydrogen-bond donors (Lipinski definition) is 0. The number of hydrogen-bond acceptors (Lipinski definition) is 3. The Bertz CT molecular complexity index is 388. The largest absolute Gasteiger partial charge is 0.497 e. The van der Waals surface area contributed by atoms with Crippen LogP contribution in [0.4, 0.5) is 0 Å². The molecular weight excluding hydrogens is 218 g/mol. The first kappa shape index (κ1) is 11.9. The van der Waals surface area contributed by atoms with E-state index in [1.165, 1.54) is 0 Å². The maximum absolute atomic E-state index is 11.3. The van der Waals surface area contributed by atoms with Crippen molar-refractivity contribution < 1.29 is 14.3 Å². The van der Waals surface area contributed by atoms with Crippen LogP contribution in [0, 0.1) is 0 Å². The predicted molar refractivity (Wildman–Crippen MR) is 63.9 cm³/mol. The highest BCUT2D eigenvalue weighted by molar-refractivity contribution is 5.73. The first-order chi connectivity index (χ1) is 8.20. The summed E-state index contributed by atoms with van der Waals surface area (Å²) in [5, 5.41) is 0. The fourth-order valence-electron chi connectivity index (χ4n) is 1.96.